The molecule has 0 bridgehead atoms. The molecule has 0 radical (unpaired) electrons. The van der Waals surface area contributed by atoms with E-state index in [0.717, 1.165) is 50.5 Å². The molecule has 25 heavy (non-hydrogen) atoms. The number of guanidine groups is 1. The normalized spacial score (nSPS) is 23.6. The van der Waals surface area contributed by atoms with E-state index in [2.05, 4.69) is 70.4 Å². The molecule has 2 heterocycles. The highest BCUT2D eigenvalue weighted by Gasteiger charge is 2.23. The Kier molecular flexibility index (Phi) is 7.59. The van der Waals surface area contributed by atoms with Crippen molar-refractivity contribution in [3.05, 3.63) is 42.0 Å². The first-order chi connectivity index (χ1) is 11.7. The summed E-state index contributed by atoms with van der Waals surface area (Å²) in [5.41, 5.74) is 2.60. The van der Waals surface area contributed by atoms with Gasteiger partial charge in [-0.05, 0) is 36.0 Å². The molecular weight excluding hydrogens is 423 g/mol. The van der Waals surface area contributed by atoms with Crippen molar-refractivity contribution < 1.29 is 0 Å². The summed E-state index contributed by atoms with van der Waals surface area (Å²) in [5.74, 6) is 2.50. The molecule has 1 N–H and O–H groups in total. The smallest absolute Gasteiger partial charge is 0.193 e. The van der Waals surface area contributed by atoms with E-state index in [9.17, 15) is 0 Å². The van der Waals surface area contributed by atoms with Gasteiger partial charge >= 0.3 is 0 Å². The molecule has 0 aromatic heterocycles. The van der Waals surface area contributed by atoms with Gasteiger partial charge in [-0.25, -0.2) is 0 Å². The molecule has 0 saturated carbocycles. The van der Waals surface area contributed by atoms with E-state index in [0.29, 0.717) is 0 Å². The fourth-order valence-electron chi connectivity index (χ4n) is 3.90. The molecule has 1 fully saturated rings. The van der Waals surface area contributed by atoms with Crippen LogP contribution >= 0.6 is 24.0 Å². The monoisotopic (exact) mass is 454 g/mol. The summed E-state index contributed by atoms with van der Waals surface area (Å²) in [7, 11) is 1.89. The molecule has 0 amide bonds. The zero-order valence-corrected chi connectivity index (χ0v) is 17.9. The van der Waals surface area contributed by atoms with Gasteiger partial charge in [0.1, 0.15) is 0 Å². The number of nitrogens with zero attached hydrogens (tertiary/aromatic N) is 3. The van der Waals surface area contributed by atoms with Gasteiger partial charge in [0.2, 0.25) is 0 Å². The third-order valence-electron chi connectivity index (χ3n) is 4.92. The minimum atomic E-state index is 0. The van der Waals surface area contributed by atoms with Gasteiger partial charge in [0.25, 0.3) is 0 Å². The topological polar surface area (TPSA) is 30.9 Å². The number of hydrogen-bond donors (Lipinski definition) is 1. The number of aliphatic imine (C=N–C) groups is 1. The molecule has 1 saturated heterocycles. The van der Waals surface area contributed by atoms with E-state index in [1.165, 1.54) is 17.7 Å². The molecule has 2 unspecified atom stereocenters. The van der Waals surface area contributed by atoms with Gasteiger partial charge in [0, 0.05) is 45.5 Å². The third kappa shape index (κ3) is 5.36. The van der Waals surface area contributed by atoms with Gasteiger partial charge in [-0.3, -0.25) is 4.99 Å². The largest absolute Gasteiger partial charge is 0.364 e. The number of likely N-dealkylation sites (tertiary alicyclic amines) is 1. The van der Waals surface area contributed by atoms with Crippen LogP contribution in [-0.2, 0) is 6.54 Å². The van der Waals surface area contributed by atoms with Gasteiger partial charge in [-0.15, -0.1) is 24.0 Å². The second kappa shape index (κ2) is 9.46. The lowest BCUT2D eigenvalue weighted by Crippen LogP contribution is -2.48. The van der Waals surface area contributed by atoms with Crippen molar-refractivity contribution in [2.24, 2.45) is 16.8 Å². The standard InChI is InChI=1S/C20H30N4.HI/c1-16-11-17(2)15-24(14-16)20(21-3)22-13-18-7-6-8-19(12-18)23-9-4-5-10-23;/h4-8,12,16-17H,9-11,13-15H2,1-3H3,(H,21,22);1H. The van der Waals surface area contributed by atoms with Gasteiger partial charge in [-0.2, -0.15) is 0 Å². The van der Waals surface area contributed by atoms with Crippen molar-refractivity contribution in [3.63, 3.8) is 0 Å². The maximum atomic E-state index is 4.51. The van der Waals surface area contributed by atoms with Crippen molar-refractivity contribution in [2.75, 3.05) is 38.1 Å². The number of nitrogens with one attached hydrogen (secondary N) is 1. The molecule has 2 aliphatic rings. The van der Waals surface area contributed by atoms with E-state index < -0.39 is 0 Å². The van der Waals surface area contributed by atoms with Gasteiger partial charge in [0.05, 0.1) is 0 Å². The van der Waals surface area contributed by atoms with Crippen molar-refractivity contribution in [1.29, 1.82) is 0 Å². The van der Waals surface area contributed by atoms with Crippen molar-refractivity contribution in [3.8, 4) is 0 Å². The lowest BCUT2D eigenvalue weighted by Gasteiger charge is -2.37. The van der Waals surface area contributed by atoms with E-state index in [4.69, 9.17) is 0 Å². The second-order valence-corrected chi connectivity index (χ2v) is 7.30. The van der Waals surface area contributed by atoms with E-state index >= 15 is 0 Å². The predicted octanol–water partition coefficient (Wildman–Crippen LogP) is 3.73. The van der Waals surface area contributed by atoms with Gasteiger partial charge in [0.15, 0.2) is 5.96 Å². The lowest BCUT2D eigenvalue weighted by molar-refractivity contribution is 0.208. The van der Waals surface area contributed by atoms with E-state index in [1.54, 1.807) is 0 Å². The molecule has 1 aromatic carbocycles. The van der Waals surface area contributed by atoms with Gasteiger partial charge < -0.3 is 15.1 Å². The molecule has 1 aromatic rings. The van der Waals surface area contributed by atoms with Crippen LogP contribution in [0.3, 0.4) is 0 Å². The summed E-state index contributed by atoms with van der Waals surface area (Å²) in [6.07, 6.45) is 5.77. The molecular formula is C20H31IN4. The average molecular weight is 454 g/mol. The number of rotatable bonds is 3. The fraction of sp³-hybridized carbons (Fsp3) is 0.550. The summed E-state index contributed by atoms with van der Waals surface area (Å²) in [6, 6.07) is 8.82. The molecule has 3 rings (SSSR count). The van der Waals surface area contributed by atoms with E-state index in [-0.39, 0.29) is 24.0 Å². The zero-order chi connectivity index (χ0) is 16.9. The summed E-state index contributed by atoms with van der Waals surface area (Å²) in [6.45, 7) is 9.73. The van der Waals surface area contributed by atoms with Crippen LogP contribution in [0.15, 0.2) is 41.4 Å². The van der Waals surface area contributed by atoms with Crippen LogP contribution in [0.1, 0.15) is 25.8 Å². The Balaban J connectivity index is 0.00000225. The Bertz CT molecular complexity index is 595. The Morgan fingerprint density at radius 3 is 2.48 bits per heavy atom. The minimum absolute atomic E-state index is 0. The van der Waals surface area contributed by atoms with Crippen LogP contribution in [0.5, 0.6) is 0 Å². The molecule has 2 aliphatic heterocycles. The summed E-state index contributed by atoms with van der Waals surface area (Å²) in [5, 5.41) is 3.56. The highest BCUT2D eigenvalue weighted by atomic mass is 127. The Hall–Kier alpha value is -1.24. The first kappa shape index (κ1) is 20.1. The second-order valence-electron chi connectivity index (χ2n) is 7.30. The highest BCUT2D eigenvalue weighted by Crippen LogP contribution is 2.21. The first-order valence-corrected chi connectivity index (χ1v) is 9.10. The maximum absolute atomic E-state index is 4.51. The number of piperidine rings is 1. The van der Waals surface area contributed by atoms with Gasteiger partial charge in [-0.1, -0.05) is 38.1 Å². The summed E-state index contributed by atoms with van der Waals surface area (Å²) in [4.78, 5) is 9.30. The Morgan fingerprint density at radius 1 is 1.16 bits per heavy atom. The molecule has 5 heteroatoms. The summed E-state index contributed by atoms with van der Waals surface area (Å²) >= 11 is 0. The van der Waals surface area contributed by atoms with Crippen LogP contribution in [0.25, 0.3) is 0 Å². The summed E-state index contributed by atoms with van der Waals surface area (Å²) < 4.78 is 0. The number of hydrogen-bond acceptors (Lipinski definition) is 2. The SMILES string of the molecule is CN=C(NCc1cccc(N2CC=CC2)c1)N1CC(C)CC(C)C1.I. The molecule has 0 aliphatic carbocycles. The fourth-order valence-corrected chi connectivity index (χ4v) is 3.90. The molecule has 4 nitrogen and oxygen atoms in total. The number of anilines is 1. The van der Waals surface area contributed by atoms with Crippen molar-refractivity contribution in [1.82, 2.24) is 10.2 Å². The van der Waals surface area contributed by atoms with Crippen molar-refractivity contribution >= 4 is 35.6 Å². The zero-order valence-electron chi connectivity index (χ0n) is 15.6. The van der Waals surface area contributed by atoms with Crippen molar-refractivity contribution in [2.45, 2.75) is 26.8 Å². The predicted molar refractivity (Wildman–Crippen MR) is 118 cm³/mol. The quantitative estimate of drug-likeness (QED) is 0.327. The Morgan fingerprint density at radius 2 is 1.84 bits per heavy atom. The van der Waals surface area contributed by atoms with Crippen LogP contribution in [0, 0.1) is 11.8 Å². The van der Waals surface area contributed by atoms with Crippen LogP contribution in [0.2, 0.25) is 0 Å². The van der Waals surface area contributed by atoms with Crippen LogP contribution in [-0.4, -0.2) is 44.1 Å². The first-order valence-electron chi connectivity index (χ1n) is 9.10. The number of halogens is 1. The number of benzene rings is 1. The van der Waals surface area contributed by atoms with E-state index in [1.807, 2.05) is 7.05 Å². The Labute approximate surface area is 169 Å². The molecule has 0 spiro atoms. The lowest BCUT2D eigenvalue weighted by atomic mass is 9.92. The maximum Gasteiger partial charge on any atom is 0.193 e. The highest BCUT2D eigenvalue weighted by molar-refractivity contribution is 14.0. The molecule has 138 valence electrons. The minimum Gasteiger partial charge on any atom is -0.364 e. The van der Waals surface area contributed by atoms with Crippen LogP contribution in [0.4, 0.5) is 5.69 Å². The van der Waals surface area contributed by atoms with Crippen LogP contribution < -0.4 is 10.2 Å². The molecule has 2 atom stereocenters. The third-order valence-corrected chi connectivity index (χ3v) is 4.92. The average Bonchev–Trinajstić information content (AvgIpc) is 3.09.